The highest BCUT2D eigenvalue weighted by Crippen LogP contribution is 2.25. The van der Waals surface area contributed by atoms with Crippen molar-refractivity contribution in [3.05, 3.63) is 95.0 Å². The molecule has 0 heterocycles. The zero-order valence-corrected chi connectivity index (χ0v) is 18.1. The summed E-state index contributed by atoms with van der Waals surface area (Å²) in [4.78, 5) is 23.8. The maximum Gasteiger partial charge on any atom is 0.336 e. The van der Waals surface area contributed by atoms with E-state index < -0.39 is 28.4 Å². The van der Waals surface area contributed by atoms with Crippen LogP contribution in [0.3, 0.4) is 0 Å². The average molecular weight is 472 g/mol. The number of nitrogens with one attached hydrogen (secondary N) is 1. The first kappa shape index (κ1) is 23.0. The van der Waals surface area contributed by atoms with Crippen molar-refractivity contribution >= 4 is 45.4 Å². The van der Waals surface area contributed by atoms with Crippen LogP contribution in [0.15, 0.2) is 88.9 Å². The second-order valence-corrected chi connectivity index (χ2v) is 8.79. The Morgan fingerprint density at radius 1 is 0.969 bits per heavy atom. The fraction of sp³-hybridized carbons (Fsp3) is 0.0455. The molecule has 0 atom stereocenters. The molecule has 0 aromatic heterocycles. The first-order chi connectivity index (χ1) is 15.3. The molecule has 8 nitrogen and oxygen atoms in total. The summed E-state index contributed by atoms with van der Waals surface area (Å²) in [5.74, 6) is -1.86. The SMILES string of the molecule is O=C(CN(c1ccc(Cl)cc1)S(=O)(=O)c1ccccc1)N/N=C\c1ccccc1C(=O)O. The lowest BCUT2D eigenvalue weighted by atomic mass is 10.1. The Bertz CT molecular complexity index is 1250. The number of benzene rings is 3. The molecule has 3 aromatic carbocycles. The molecule has 1 amide bonds. The Labute approximate surface area is 189 Å². The highest BCUT2D eigenvalue weighted by atomic mass is 35.5. The summed E-state index contributed by atoms with van der Waals surface area (Å²) in [5, 5.41) is 13.4. The summed E-state index contributed by atoms with van der Waals surface area (Å²) < 4.78 is 27.3. The Morgan fingerprint density at radius 3 is 2.25 bits per heavy atom. The van der Waals surface area contributed by atoms with Crippen LogP contribution in [0, 0.1) is 0 Å². The number of hydrogen-bond donors (Lipinski definition) is 2. The number of aromatic carboxylic acids is 1. The van der Waals surface area contributed by atoms with Crippen molar-refractivity contribution < 1.29 is 23.1 Å². The lowest BCUT2D eigenvalue weighted by molar-refractivity contribution is -0.119. The van der Waals surface area contributed by atoms with Crippen LogP contribution in [0.5, 0.6) is 0 Å². The number of halogens is 1. The van der Waals surface area contributed by atoms with Crippen molar-refractivity contribution in [3.8, 4) is 0 Å². The number of anilines is 1. The van der Waals surface area contributed by atoms with Crippen LogP contribution in [0.4, 0.5) is 5.69 Å². The number of nitrogens with zero attached hydrogens (tertiary/aromatic N) is 2. The van der Waals surface area contributed by atoms with Gasteiger partial charge in [0.25, 0.3) is 15.9 Å². The molecule has 0 radical (unpaired) electrons. The fourth-order valence-electron chi connectivity index (χ4n) is 2.79. The van der Waals surface area contributed by atoms with Crippen molar-refractivity contribution in [1.82, 2.24) is 5.43 Å². The number of hydrogen-bond acceptors (Lipinski definition) is 5. The maximum absolute atomic E-state index is 13.2. The number of carboxylic acid groups (broad SMARTS) is 1. The van der Waals surface area contributed by atoms with Crippen LogP contribution >= 0.6 is 11.6 Å². The van der Waals surface area contributed by atoms with Gasteiger partial charge >= 0.3 is 5.97 Å². The predicted molar refractivity (Wildman–Crippen MR) is 122 cm³/mol. The van der Waals surface area contributed by atoms with Gasteiger partial charge in [-0.05, 0) is 42.5 Å². The molecule has 0 saturated heterocycles. The highest BCUT2D eigenvalue weighted by molar-refractivity contribution is 7.92. The summed E-state index contributed by atoms with van der Waals surface area (Å²) in [5.41, 5.74) is 2.78. The van der Waals surface area contributed by atoms with E-state index in [1.54, 1.807) is 30.3 Å². The second kappa shape index (κ2) is 10.1. The monoisotopic (exact) mass is 471 g/mol. The normalized spacial score (nSPS) is 11.3. The molecule has 3 aromatic rings. The van der Waals surface area contributed by atoms with Crippen LogP contribution in [-0.2, 0) is 14.8 Å². The Hall–Kier alpha value is -3.69. The van der Waals surface area contributed by atoms with Crippen LogP contribution in [0.2, 0.25) is 5.02 Å². The standard InChI is InChI=1S/C22H18ClN3O5S/c23-17-10-12-18(13-11-17)26(32(30,31)19-7-2-1-3-8-19)15-21(27)25-24-14-16-6-4-5-9-20(16)22(28)29/h1-14H,15H2,(H,25,27)(H,28,29)/b24-14-. The Morgan fingerprint density at radius 2 is 1.59 bits per heavy atom. The van der Waals surface area contributed by atoms with Gasteiger partial charge in [-0.15, -0.1) is 0 Å². The average Bonchev–Trinajstić information content (AvgIpc) is 2.79. The number of rotatable bonds is 8. The molecule has 32 heavy (non-hydrogen) atoms. The third-order valence-electron chi connectivity index (χ3n) is 4.32. The Balaban J connectivity index is 1.83. The zero-order chi connectivity index (χ0) is 23.1. The van der Waals surface area contributed by atoms with Gasteiger partial charge < -0.3 is 5.11 Å². The van der Waals surface area contributed by atoms with Crippen molar-refractivity contribution in [1.29, 1.82) is 0 Å². The van der Waals surface area contributed by atoms with Gasteiger partial charge in [0, 0.05) is 10.6 Å². The first-order valence-electron chi connectivity index (χ1n) is 9.26. The summed E-state index contributed by atoms with van der Waals surface area (Å²) in [7, 11) is -4.06. The van der Waals surface area contributed by atoms with E-state index in [0.717, 1.165) is 4.31 Å². The number of amides is 1. The molecule has 164 valence electrons. The van der Waals surface area contributed by atoms with E-state index in [-0.39, 0.29) is 21.7 Å². The summed E-state index contributed by atoms with van der Waals surface area (Å²) >= 11 is 5.91. The van der Waals surface area contributed by atoms with Crippen molar-refractivity contribution in [2.24, 2.45) is 5.10 Å². The minimum absolute atomic E-state index is 0.0138. The van der Waals surface area contributed by atoms with E-state index in [2.05, 4.69) is 10.5 Å². The molecule has 0 fully saturated rings. The lowest BCUT2D eigenvalue weighted by Gasteiger charge is -2.23. The van der Waals surface area contributed by atoms with Gasteiger partial charge in [-0.25, -0.2) is 18.6 Å². The van der Waals surface area contributed by atoms with Gasteiger partial charge in [0.2, 0.25) is 0 Å². The molecule has 3 rings (SSSR count). The molecular weight excluding hydrogens is 454 g/mol. The number of sulfonamides is 1. The van der Waals surface area contributed by atoms with Crippen LogP contribution < -0.4 is 9.73 Å². The van der Waals surface area contributed by atoms with Gasteiger partial charge in [0.05, 0.1) is 22.4 Å². The van der Waals surface area contributed by atoms with Gasteiger partial charge in [-0.3, -0.25) is 9.10 Å². The molecular formula is C22H18ClN3O5S. The second-order valence-electron chi connectivity index (χ2n) is 6.49. The minimum Gasteiger partial charge on any atom is -0.478 e. The summed E-state index contributed by atoms with van der Waals surface area (Å²) in [6, 6.07) is 19.8. The van der Waals surface area contributed by atoms with Gasteiger partial charge in [0.15, 0.2) is 0 Å². The van der Waals surface area contributed by atoms with Crippen LogP contribution in [0.25, 0.3) is 0 Å². The van der Waals surface area contributed by atoms with Gasteiger partial charge in [-0.1, -0.05) is 48.0 Å². The molecule has 10 heteroatoms. The van der Waals surface area contributed by atoms with Crippen molar-refractivity contribution in [3.63, 3.8) is 0 Å². The largest absolute Gasteiger partial charge is 0.478 e. The molecule has 0 aliphatic heterocycles. The first-order valence-corrected chi connectivity index (χ1v) is 11.1. The summed E-state index contributed by atoms with van der Waals surface area (Å²) in [6.07, 6.45) is 1.18. The Kier molecular flexibility index (Phi) is 7.24. The zero-order valence-electron chi connectivity index (χ0n) is 16.6. The molecule has 0 aliphatic carbocycles. The van der Waals surface area contributed by atoms with E-state index in [9.17, 15) is 23.1 Å². The van der Waals surface area contributed by atoms with E-state index in [1.807, 2.05) is 0 Å². The number of carboxylic acids is 1. The van der Waals surface area contributed by atoms with Crippen molar-refractivity contribution in [2.45, 2.75) is 4.90 Å². The van der Waals surface area contributed by atoms with E-state index in [0.29, 0.717) is 5.02 Å². The van der Waals surface area contributed by atoms with E-state index >= 15 is 0 Å². The van der Waals surface area contributed by atoms with E-state index in [4.69, 9.17) is 11.6 Å². The lowest BCUT2D eigenvalue weighted by Crippen LogP contribution is -2.39. The van der Waals surface area contributed by atoms with E-state index in [1.165, 1.54) is 54.7 Å². The number of hydrazone groups is 1. The van der Waals surface area contributed by atoms with Gasteiger partial charge in [0.1, 0.15) is 6.54 Å². The summed E-state index contributed by atoms with van der Waals surface area (Å²) in [6.45, 7) is -0.559. The highest BCUT2D eigenvalue weighted by Gasteiger charge is 2.27. The molecule has 0 saturated carbocycles. The van der Waals surface area contributed by atoms with Crippen LogP contribution in [0.1, 0.15) is 15.9 Å². The quantitative estimate of drug-likeness (QED) is 0.386. The predicted octanol–water partition coefficient (Wildman–Crippen LogP) is 3.38. The molecule has 0 unspecified atom stereocenters. The fourth-order valence-corrected chi connectivity index (χ4v) is 4.35. The number of carbonyl (C=O) groups excluding carboxylic acids is 1. The van der Waals surface area contributed by atoms with Crippen LogP contribution in [-0.4, -0.2) is 38.2 Å². The smallest absolute Gasteiger partial charge is 0.336 e. The maximum atomic E-state index is 13.2. The molecule has 0 spiro atoms. The third kappa shape index (κ3) is 5.51. The van der Waals surface area contributed by atoms with Crippen molar-refractivity contribution in [2.75, 3.05) is 10.8 Å². The molecule has 0 bridgehead atoms. The van der Waals surface area contributed by atoms with Gasteiger partial charge in [-0.2, -0.15) is 5.10 Å². The number of carbonyl (C=O) groups is 2. The molecule has 2 N–H and O–H groups in total. The molecule has 0 aliphatic rings. The topological polar surface area (TPSA) is 116 Å². The minimum atomic E-state index is -4.06. The third-order valence-corrected chi connectivity index (χ3v) is 6.36.